The minimum absolute atomic E-state index is 0.0662. The zero-order valence-electron chi connectivity index (χ0n) is 16.8. The van der Waals surface area contributed by atoms with Crippen molar-refractivity contribution in [3.63, 3.8) is 0 Å². The van der Waals surface area contributed by atoms with Gasteiger partial charge in [0.2, 0.25) is 0 Å². The molecule has 8 nitrogen and oxygen atoms in total. The predicted molar refractivity (Wildman–Crippen MR) is 106 cm³/mol. The fraction of sp³-hybridized carbons (Fsp3) is 0.500. The minimum atomic E-state index is -0.204. The Morgan fingerprint density at radius 3 is 2.57 bits per heavy atom. The van der Waals surface area contributed by atoms with Crippen LogP contribution in [0.3, 0.4) is 0 Å². The lowest BCUT2D eigenvalue weighted by Crippen LogP contribution is -2.49. The summed E-state index contributed by atoms with van der Waals surface area (Å²) in [6, 6.07) is 7.80. The van der Waals surface area contributed by atoms with Crippen molar-refractivity contribution in [1.82, 2.24) is 30.1 Å². The van der Waals surface area contributed by atoms with E-state index in [1.807, 2.05) is 49.9 Å². The SMILES string of the molecule is Cc1cccc(C(=O)N2CCN(CCn3cc(C(=O)NC(C)C)nn3)CC2)c1. The average Bonchev–Trinajstić information content (AvgIpc) is 3.15. The Labute approximate surface area is 165 Å². The molecule has 0 radical (unpaired) electrons. The van der Waals surface area contributed by atoms with Crippen molar-refractivity contribution in [2.75, 3.05) is 32.7 Å². The largest absolute Gasteiger partial charge is 0.348 e. The molecule has 8 heteroatoms. The number of hydrogen-bond donors (Lipinski definition) is 1. The third-order valence-electron chi connectivity index (χ3n) is 4.76. The van der Waals surface area contributed by atoms with Crippen molar-refractivity contribution in [1.29, 1.82) is 0 Å². The summed E-state index contributed by atoms with van der Waals surface area (Å²) >= 11 is 0. The summed E-state index contributed by atoms with van der Waals surface area (Å²) in [7, 11) is 0. The highest BCUT2D eigenvalue weighted by Gasteiger charge is 2.22. The number of carbonyl (C=O) groups is 2. The van der Waals surface area contributed by atoms with Crippen LogP contribution in [0.4, 0.5) is 0 Å². The number of benzene rings is 1. The fourth-order valence-electron chi connectivity index (χ4n) is 3.23. The fourth-order valence-corrected chi connectivity index (χ4v) is 3.23. The quantitative estimate of drug-likeness (QED) is 0.809. The Balaban J connectivity index is 1.45. The van der Waals surface area contributed by atoms with Crippen molar-refractivity contribution in [3.8, 4) is 0 Å². The molecule has 0 unspecified atom stereocenters. The van der Waals surface area contributed by atoms with E-state index in [4.69, 9.17) is 0 Å². The number of aryl methyl sites for hydroxylation is 1. The lowest BCUT2D eigenvalue weighted by Gasteiger charge is -2.34. The maximum atomic E-state index is 12.6. The van der Waals surface area contributed by atoms with Gasteiger partial charge >= 0.3 is 0 Å². The van der Waals surface area contributed by atoms with Gasteiger partial charge in [-0.2, -0.15) is 0 Å². The highest BCUT2D eigenvalue weighted by molar-refractivity contribution is 5.94. The van der Waals surface area contributed by atoms with Gasteiger partial charge in [0.05, 0.1) is 12.7 Å². The summed E-state index contributed by atoms with van der Waals surface area (Å²) in [6.07, 6.45) is 1.68. The van der Waals surface area contributed by atoms with Crippen LogP contribution < -0.4 is 5.32 Å². The number of amides is 2. The van der Waals surface area contributed by atoms with Crippen LogP contribution in [0.15, 0.2) is 30.5 Å². The van der Waals surface area contributed by atoms with E-state index in [0.717, 1.165) is 30.8 Å². The number of carbonyl (C=O) groups excluding carboxylic acids is 2. The first-order valence-corrected chi connectivity index (χ1v) is 9.71. The lowest BCUT2D eigenvalue weighted by atomic mass is 10.1. The molecule has 0 bridgehead atoms. The molecule has 150 valence electrons. The van der Waals surface area contributed by atoms with Crippen molar-refractivity contribution in [3.05, 3.63) is 47.3 Å². The molecule has 28 heavy (non-hydrogen) atoms. The highest BCUT2D eigenvalue weighted by atomic mass is 16.2. The molecule has 1 saturated heterocycles. The number of nitrogens with zero attached hydrogens (tertiary/aromatic N) is 5. The molecule has 2 amide bonds. The standard InChI is InChI=1S/C20H28N6O2/c1-15(2)21-19(27)18-14-26(23-22-18)12-9-24-7-10-25(11-8-24)20(28)17-6-4-5-16(3)13-17/h4-6,13-15H,7-12H2,1-3H3,(H,21,27). The molecule has 1 aliphatic heterocycles. The average molecular weight is 384 g/mol. The van der Waals surface area contributed by atoms with Crippen molar-refractivity contribution >= 4 is 11.8 Å². The maximum Gasteiger partial charge on any atom is 0.273 e. The summed E-state index contributed by atoms with van der Waals surface area (Å²) in [6.45, 7) is 10.4. The smallest absolute Gasteiger partial charge is 0.273 e. The van der Waals surface area contributed by atoms with Gasteiger partial charge in [0, 0.05) is 44.3 Å². The van der Waals surface area contributed by atoms with Crippen LogP contribution in [0.25, 0.3) is 0 Å². The van der Waals surface area contributed by atoms with E-state index in [9.17, 15) is 9.59 Å². The van der Waals surface area contributed by atoms with Gasteiger partial charge in [-0.3, -0.25) is 19.2 Å². The first-order chi connectivity index (χ1) is 13.4. The topological polar surface area (TPSA) is 83.4 Å². The van der Waals surface area contributed by atoms with Crippen molar-refractivity contribution in [2.24, 2.45) is 0 Å². The van der Waals surface area contributed by atoms with E-state index in [1.165, 1.54) is 0 Å². The van der Waals surface area contributed by atoms with Gasteiger partial charge in [-0.25, -0.2) is 0 Å². The van der Waals surface area contributed by atoms with Crippen molar-refractivity contribution < 1.29 is 9.59 Å². The third kappa shape index (κ3) is 5.16. The zero-order chi connectivity index (χ0) is 20.1. The van der Waals surface area contributed by atoms with Gasteiger partial charge in [0.1, 0.15) is 0 Å². The van der Waals surface area contributed by atoms with Crippen LogP contribution in [-0.2, 0) is 6.54 Å². The Kier molecular flexibility index (Phi) is 6.41. The number of nitrogens with one attached hydrogen (secondary N) is 1. The number of aromatic nitrogens is 3. The van der Waals surface area contributed by atoms with Gasteiger partial charge in [0.25, 0.3) is 11.8 Å². The Bertz CT molecular complexity index is 824. The van der Waals surface area contributed by atoms with Crippen LogP contribution >= 0.6 is 0 Å². The first kappa shape index (κ1) is 20.0. The molecule has 3 rings (SSSR count). The lowest BCUT2D eigenvalue weighted by molar-refractivity contribution is 0.0631. The molecule has 1 aromatic heterocycles. The highest BCUT2D eigenvalue weighted by Crippen LogP contribution is 2.11. The van der Waals surface area contributed by atoms with E-state index >= 15 is 0 Å². The van der Waals surface area contributed by atoms with Gasteiger partial charge in [0.15, 0.2) is 5.69 Å². The van der Waals surface area contributed by atoms with Crippen LogP contribution in [0.5, 0.6) is 0 Å². The second-order valence-corrected chi connectivity index (χ2v) is 7.50. The summed E-state index contributed by atoms with van der Waals surface area (Å²) in [4.78, 5) is 28.8. The Morgan fingerprint density at radius 2 is 1.89 bits per heavy atom. The van der Waals surface area contributed by atoms with Crippen LogP contribution in [0.2, 0.25) is 0 Å². The Hall–Kier alpha value is -2.74. The summed E-state index contributed by atoms with van der Waals surface area (Å²) < 4.78 is 1.69. The molecule has 2 aromatic rings. The van der Waals surface area contributed by atoms with E-state index in [2.05, 4.69) is 20.5 Å². The zero-order valence-corrected chi connectivity index (χ0v) is 16.8. The molecule has 0 spiro atoms. The number of piperazine rings is 1. The second kappa shape index (κ2) is 8.97. The molecule has 0 atom stereocenters. The van der Waals surface area contributed by atoms with E-state index < -0.39 is 0 Å². The summed E-state index contributed by atoms with van der Waals surface area (Å²) in [5.41, 5.74) is 2.18. The molecule has 2 heterocycles. The van der Waals surface area contributed by atoms with Crippen molar-refractivity contribution in [2.45, 2.75) is 33.4 Å². The third-order valence-corrected chi connectivity index (χ3v) is 4.76. The first-order valence-electron chi connectivity index (χ1n) is 9.71. The predicted octanol–water partition coefficient (Wildman–Crippen LogP) is 1.18. The van der Waals surface area contributed by atoms with Crippen LogP contribution in [-0.4, -0.2) is 75.4 Å². The molecule has 1 N–H and O–H groups in total. The molecule has 0 aliphatic carbocycles. The molecular weight excluding hydrogens is 356 g/mol. The molecule has 1 aromatic carbocycles. The minimum Gasteiger partial charge on any atom is -0.348 e. The van der Waals surface area contributed by atoms with Gasteiger partial charge < -0.3 is 10.2 Å². The van der Waals surface area contributed by atoms with E-state index in [0.29, 0.717) is 25.3 Å². The monoisotopic (exact) mass is 384 g/mol. The number of rotatable bonds is 6. The molecular formula is C20H28N6O2. The second-order valence-electron chi connectivity index (χ2n) is 7.50. The summed E-state index contributed by atoms with van der Waals surface area (Å²) in [5, 5.41) is 10.8. The van der Waals surface area contributed by atoms with Gasteiger partial charge in [-0.05, 0) is 32.9 Å². The van der Waals surface area contributed by atoms with Crippen LogP contribution in [0, 0.1) is 6.92 Å². The van der Waals surface area contributed by atoms with Gasteiger partial charge in [-0.15, -0.1) is 5.10 Å². The molecule has 0 saturated carbocycles. The molecule has 1 aliphatic rings. The van der Waals surface area contributed by atoms with E-state index in [1.54, 1.807) is 10.9 Å². The number of hydrogen-bond acceptors (Lipinski definition) is 5. The van der Waals surface area contributed by atoms with E-state index in [-0.39, 0.29) is 17.9 Å². The Morgan fingerprint density at radius 1 is 1.14 bits per heavy atom. The summed E-state index contributed by atoms with van der Waals surface area (Å²) in [5.74, 6) is -0.107. The molecule has 1 fully saturated rings. The van der Waals surface area contributed by atoms with Gasteiger partial charge in [-0.1, -0.05) is 22.9 Å². The van der Waals surface area contributed by atoms with Crippen LogP contribution in [0.1, 0.15) is 40.3 Å². The maximum absolute atomic E-state index is 12.6. The normalized spacial score (nSPS) is 15.1.